The van der Waals surface area contributed by atoms with Crippen LogP contribution in [0.1, 0.15) is 43.0 Å². The Labute approximate surface area is 138 Å². The zero-order chi connectivity index (χ0) is 16.8. The van der Waals surface area contributed by atoms with Gasteiger partial charge in [0.15, 0.2) is 0 Å². The maximum absolute atomic E-state index is 11.3. The molecule has 0 bridgehead atoms. The van der Waals surface area contributed by atoms with Crippen molar-refractivity contribution < 1.29 is 14.3 Å². The first-order chi connectivity index (χ1) is 11.0. The van der Waals surface area contributed by atoms with E-state index in [9.17, 15) is 4.79 Å². The SMILES string of the molecule is CCc1ccc(OCc2c(CC)cccc2OC(C)=O)c(C)c1. The van der Waals surface area contributed by atoms with E-state index in [1.807, 2.05) is 31.2 Å². The minimum absolute atomic E-state index is 0.317. The van der Waals surface area contributed by atoms with Gasteiger partial charge < -0.3 is 9.47 Å². The summed E-state index contributed by atoms with van der Waals surface area (Å²) in [6.45, 7) is 8.07. The second kappa shape index (κ2) is 7.82. The standard InChI is InChI=1S/C20H24O3/c1-5-16-10-11-19(14(3)12-16)22-13-18-17(6-2)8-7-9-20(18)23-15(4)21/h7-12H,5-6,13H2,1-4H3. The van der Waals surface area contributed by atoms with Crippen molar-refractivity contribution in [3.8, 4) is 11.5 Å². The van der Waals surface area contributed by atoms with Crippen LogP contribution in [0.3, 0.4) is 0 Å². The summed E-state index contributed by atoms with van der Waals surface area (Å²) in [6.07, 6.45) is 1.87. The third-order valence-corrected chi connectivity index (χ3v) is 3.88. The summed E-state index contributed by atoms with van der Waals surface area (Å²) in [5.41, 5.74) is 4.48. The molecule has 3 nitrogen and oxygen atoms in total. The van der Waals surface area contributed by atoms with Crippen molar-refractivity contribution in [2.45, 2.75) is 47.1 Å². The van der Waals surface area contributed by atoms with Crippen molar-refractivity contribution in [3.05, 3.63) is 58.7 Å². The van der Waals surface area contributed by atoms with E-state index in [2.05, 4.69) is 26.0 Å². The van der Waals surface area contributed by atoms with E-state index < -0.39 is 0 Å². The van der Waals surface area contributed by atoms with Crippen LogP contribution in [0.15, 0.2) is 36.4 Å². The fourth-order valence-corrected chi connectivity index (χ4v) is 2.60. The predicted octanol–water partition coefficient (Wildman–Crippen LogP) is 4.62. The third-order valence-electron chi connectivity index (χ3n) is 3.88. The van der Waals surface area contributed by atoms with Gasteiger partial charge in [-0.25, -0.2) is 0 Å². The molecule has 0 N–H and O–H groups in total. The molecular formula is C20H24O3. The fourth-order valence-electron chi connectivity index (χ4n) is 2.60. The number of carbonyl (C=O) groups excluding carboxylic acids is 1. The highest BCUT2D eigenvalue weighted by Crippen LogP contribution is 2.27. The quantitative estimate of drug-likeness (QED) is 0.576. The summed E-state index contributed by atoms with van der Waals surface area (Å²) in [6, 6.07) is 12.0. The maximum Gasteiger partial charge on any atom is 0.308 e. The lowest BCUT2D eigenvalue weighted by atomic mass is 10.0. The summed E-state index contributed by atoms with van der Waals surface area (Å²) < 4.78 is 11.3. The summed E-state index contributed by atoms with van der Waals surface area (Å²) in [5, 5.41) is 0. The Morgan fingerprint density at radius 2 is 1.83 bits per heavy atom. The molecule has 2 rings (SSSR count). The second-order valence-corrected chi connectivity index (χ2v) is 5.58. The van der Waals surface area contributed by atoms with Crippen molar-refractivity contribution in [1.82, 2.24) is 0 Å². The third kappa shape index (κ3) is 4.35. The molecule has 0 radical (unpaired) electrons. The van der Waals surface area contributed by atoms with E-state index in [1.54, 1.807) is 0 Å². The zero-order valence-electron chi connectivity index (χ0n) is 14.3. The summed E-state index contributed by atoms with van der Waals surface area (Å²) in [5.74, 6) is 1.13. The Hall–Kier alpha value is -2.29. The normalized spacial score (nSPS) is 10.4. The van der Waals surface area contributed by atoms with E-state index in [4.69, 9.17) is 9.47 Å². The van der Waals surface area contributed by atoms with Crippen molar-refractivity contribution in [2.24, 2.45) is 0 Å². The van der Waals surface area contributed by atoms with Crippen LogP contribution in [0.4, 0.5) is 0 Å². The molecular weight excluding hydrogens is 288 g/mol. The minimum Gasteiger partial charge on any atom is -0.488 e. The number of aryl methyl sites for hydroxylation is 3. The van der Waals surface area contributed by atoms with Gasteiger partial charge in [-0.2, -0.15) is 0 Å². The molecule has 23 heavy (non-hydrogen) atoms. The van der Waals surface area contributed by atoms with Crippen molar-refractivity contribution in [2.75, 3.05) is 0 Å². The number of hydrogen-bond acceptors (Lipinski definition) is 3. The minimum atomic E-state index is -0.317. The number of hydrogen-bond donors (Lipinski definition) is 0. The molecule has 2 aromatic rings. The monoisotopic (exact) mass is 312 g/mol. The van der Waals surface area contributed by atoms with Gasteiger partial charge in [0.1, 0.15) is 18.1 Å². The van der Waals surface area contributed by atoms with Crippen LogP contribution in [-0.2, 0) is 24.2 Å². The van der Waals surface area contributed by atoms with E-state index in [0.717, 1.165) is 35.3 Å². The molecule has 0 saturated carbocycles. The van der Waals surface area contributed by atoms with Gasteiger partial charge in [-0.3, -0.25) is 4.79 Å². The number of esters is 1. The Bertz CT molecular complexity index is 689. The molecule has 2 aromatic carbocycles. The van der Waals surface area contributed by atoms with Crippen LogP contribution in [0.5, 0.6) is 11.5 Å². The van der Waals surface area contributed by atoms with Crippen molar-refractivity contribution >= 4 is 5.97 Å². The summed E-state index contributed by atoms with van der Waals surface area (Å²) >= 11 is 0. The van der Waals surface area contributed by atoms with Gasteiger partial charge in [0.2, 0.25) is 0 Å². The first-order valence-electron chi connectivity index (χ1n) is 8.06. The molecule has 0 aromatic heterocycles. The first-order valence-corrected chi connectivity index (χ1v) is 8.06. The Balaban J connectivity index is 2.24. The molecule has 0 aliphatic rings. The van der Waals surface area contributed by atoms with Gasteiger partial charge in [0.05, 0.1) is 0 Å². The molecule has 0 amide bonds. The van der Waals surface area contributed by atoms with Gasteiger partial charge in [0.25, 0.3) is 0 Å². The highest BCUT2D eigenvalue weighted by atomic mass is 16.5. The van der Waals surface area contributed by atoms with Crippen molar-refractivity contribution in [3.63, 3.8) is 0 Å². The highest BCUT2D eigenvalue weighted by molar-refractivity contribution is 5.70. The number of ether oxygens (including phenoxy) is 2. The topological polar surface area (TPSA) is 35.5 Å². The molecule has 0 spiro atoms. The van der Waals surface area contributed by atoms with Crippen LogP contribution < -0.4 is 9.47 Å². The molecule has 0 saturated heterocycles. The second-order valence-electron chi connectivity index (χ2n) is 5.58. The van der Waals surface area contributed by atoms with E-state index >= 15 is 0 Å². The average Bonchev–Trinajstić information content (AvgIpc) is 2.53. The molecule has 0 atom stereocenters. The van der Waals surface area contributed by atoms with Crippen LogP contribution in [0, 0.1) is 6.92 Å². The number of benzene rings is 2. The summed E-state index contributed by atoms with van der Waals surface area (Å²) in [7, 11) is 0. The van der Waals surface area contributed by atoms with Crippen LogP contribution >= 0.6 is 0 Å². The van der Waals surface area contributed by atoms with Gasteiger partial charge in [-0.1, -0.05) is 38.1 Å². The number of rotatable bonds is 6. The van der Waals surface area contributed by atoms with Gasteiger partial charge >= 0.3 is 5.97 Å². The van der Waals surface area contributed by atoms with Crippen LogP contribution in [0.25, 0.3) is 0 Å². The lowest BCUT2D eigenvalue weighted by Crippen LogP contribution is -2.08. The number of carbonyl (C=O) groups is 1. The average molecular weight is 312 g/mol. The molecule has 0 unspecified atom stereocenters. The molecule has 0 heterocycles. The van der Waals surface area contributed by atoms with Crippen molar-refractivity contribution in [1.29, 1.82) is 0 Å². The van der Waals surface area contributed by atoms with E-state index in [0.29, 0.717) is 12.4 Å². The Kier molecular flexibility index (Phi) is 5.80. The molecule has 0 aliphatic carbocycles. The molecule has 3 heteroatoms. The first kappa shape index (κ1) is 17.1. The van der Waals surface area contributed by atoms with E-state index in [-0.39, 0.29) is 5.97 Å². The highest BCUT2D eigenvalue weighted by Gasteiger charge is 2.12. The smallest absolute Gasteiger partial charge is 0.308 e. The lowest BCUT2D eigenvalue weighted by Gasteiger charge is -2.15. The van der Waals surface area contributed by atoms with Crippen LogP contribution in [0.2, 0.25) is 0 Å². The molecule has 0 fully saturated rings. The maximum atomic E-state index is 11.3. The van der Waals surface area contributed by atoms with Gasteiger partial charge in [-0.15, -0.1) is 0 Å². The van der Waals surface area contributed by atoms with Crippen LogP contribution in [-0.4, -0.2) is 5.97 Å². The predicted molar refractivity (Wildman–Crippen MR) is 92.0 cm³/mol. The Morgan fingerprint density at radius 1 is 1.04 bits per heavy atom. The molecule has 0 aliphatic heterocycles. The van der Waals surface area contributed by atoms with Gasteiger partial charge in [0, 0.05) is 12.5 Å². The fraction of sp³-hybridized carbons (Fsp3) is 0.350. The van der Waals surface area contributed by atoms with Gasteiger partial charge in [-0.05, 0) is 48.6 Å². The zero-order valence-corrected chi connectivity index (χ0v) is 14.3. The largest absolute Gasteiger partial charge is 0.488 e. The van der Waals surface area contributed by atoms with E-state index in [1.165, 1.54) is 12.5 Å². The summed E-state index contributed by atoms with van der Waals surface area (Å²) in [4.78, 5) is 11.3. The Morgan fingerprint density at radius 3 is 2.43 bits per heavy atom. The lowest BCUT2D eigenvalue weighted by molar-refractivity contribution is -0.131. The molecule has 122 valence electrons.